The van der Waals surface area contributed by atoms with Crippen molar-refractivity contribution in [3.05, 3.63) is 92.3 Å². The highest BCUT2D eigenvalue weighted by atomic mass is 35.5. The van der Waals surface area contributed by atoms with Crippen molar-refractivity contribution in [1.29, 1.82) is 0 Å². The van der Waals surface area contributed by atoms with Crippen LogP contribution in [0.2, 0.25) is 0 Å². The summed E-state index contributed by atoms with van der Waals surface area (Å²) in [6.07, 6.45) is 1.55. The fraction of sp³-hybridized carbons (Fsp3) is 0.308. The number of hydrogen-bond acceptors (Lipinski definition) is 5. The molecular formula is C26H22Cl2N4O5. The first-order valence-electron chi connectivity index (χ1n) is 11.7. The molecule has 1 aromatic heterocycles. The third-order valence-electron chi connectivity index (χ3n) is 7.88. The quantitative estimate of drug-likeness (QED) is 0.305. The molecule has 0 bridgehead atoms. The number of hydrogen-bond donors (Lipinski definition) is 1. The van der Waals surface area contributed by atoms with E-state index in [2.05, 4.69) is 0 Å². The predicted octanol–water partition coefficient (Wildman–Crippen LogP) is 2.44. The third kappa shape index (κ3) is 2.81. The first kappa shape index (κ1) is 23.8. The predicted molar refractivity (Wildman–Crippen MR) is 137 cm³/mol. The number of rotatable bonds is 2. The second-order valence-corrected chi connectivity index (χ2v) is 11.0. The molecule has 1 N–H and O–H groups in total. The normalized spacial score (nSPS) is 28.5. The molecule has 4 unspecified atom stereocenters. The first-order valence-corrected chi connectivity index (χ1v) is 12.5. The Kier molecular flexibility index (Phi) is 4.97. The number of carbonyl (C=O) groups is 2. The number of phenolic OH excluding ortho intramolecular Hbond substituents is 1. The Morgan fingerprint density at radius 1 is 0.946 bits per heavy atom. The van der Waals surface area contributed by atoms with E-state index in [4.69, 9.17) is 23.2 Å². The second kappa shape index (κ2) is 7.72. The van der Waals surface area contributed by atoms with Gasteiger partial charge in [0, 0.05) is 24.9 Å². The first-order chi connectivity index (χ1) is 17.5. The lowest BCUT2D eigenvalue weighted by molar-refractivity contribution is -0.137. The lowest BCUT2D eigenvalue weighted by atomic mass is 9.64. The highest BCUT2D eigenvalue weighted by Gasteiger charge is 2.75. The van der Waals surface area contributed by atoms with E-state index in [9.17, 15) is 24.3 Å². The summed E-state index contributed by atoms with van der Waals surface area (Å²) >= 11 is 14.2. The van der Waals surface area contributed by atoms with E-state index >= 15 is 0 Å². The highest BCUT2D eigenvalue weighted by molar-refractivity contribution is 6.53. The Morgan fingerprint density at radius 3 is 2.35 bits per heavy atom. The topological polar surface area (TPSA) is 107 Å². The Balaban J connectivity index is 1.64. The standard InChI is InChI=1S/C26H22Cl2N4O5/c1-14-7-6-10-17(20(14)33)19-16-11-12-30-23(36)31(15-8-4-3-5-9-15)24(37)32(30)18(16)13-25(27)21(34)29(2)22(35)26(19,25)28/h3-11,18-19,33H,12-13H2,1-2H3. The van der Waals surface area contributed by atoms with Gasteiger partial charge in [-0.05, 0) is 30.2 Å². The molecule has 3 aliphatic rings. The molecule has 1 saturated carbocycles. The molecule has 1 saturated heterocycles. The number of nitrogens with zero attached hydrogens (tertiary/aromatic N) is 4. The van der Waals surface area contributed by atoms with Crippen molar-refractivity contribution < 1.29 is 14.7 Å². The van der Waals surface area contributed by atoms with Crippen LogP contribution < -0.4 is 11.4 Å². The van der Waals surface area contributed by atoms with Crippen molar-refractivity contribution in [3.8, 4) is 11.4 Å². The van der Waals surface area contributed by atoms with Crippen LogP contribution in [0.5, 0.6) is 5.75 Å². The summed E-state index contributed by atoms with van der Waals surface area (Å²) in [6, 6.07) is 12.7. The van der Waals surface area contributed by atoms with Crippen molar-refractivity contribution >= 4 is 35.0 Å². The summed E-state index contributed by atoms with van der Waals surface area (Å²) in [5.41, 5.74) is 0.655. The number of fused-ring (bicyclic) bond motifs is 4. The van der Waals surface area contributed by atoms with Gasteiger partial charge in [-0.15, -0.1) is 23.2 Å². The smallest absolute Gasteiger partial charge is 0.352 e. The number of allylic oxidation sites excluding steroid dienone is 2. The zero-order valence-corrected chi connectivity index (χ0v) is 21.4. The summed E-state index contributed by atoms with van der Waals surface area (Å²) < 4.78 is 3.65. The largest absolute Gasteiger partial charge is 0.507 e. The molecule has 190 valence electrons. The van der Waals surface area contributed by atoms with Gasteiger partial charge in [-0.2, -0.15) is 0 Å². The maximum absolute atomic E-state index is 13.7. The van der Waals surface area contributed by atoms with Crippen LogP contribution in [-0.4, -0.2) is 52.5 Å². The average molecular weight is 541 g/mol. The molecule has 6 rings (SSSR count). The number of likely N-dealkylation sites (tertiary alicyclic amines) is 1. The van der Waals surface area contributed by atoms with E-state index in [0.717, 1.165) is 9.47 Å². The van der Waals surface area contributed by atoms with Crippen LogP contribution in [0.25, 0.3) is 5.69 Å². The van der Waals surface area contributed by atoms with Crippen LogP contribution in [0.1, 0.15) is 29.5 Å². The van der Waals surface area contributed by atoms with E-state index in [1.807, 2.05) is 0 Å². The van der Waals surface area contributed by atoms with Crippen LogP contribution >= 0.6 is 23.2 Å². The number of para-hydroxylation sites is 2. The van der Waals surface area contributed by atoms with Crippen LogP contribution in [0, 0.1) is 6.92 Å². The Hall–Kier alpha value is -3.56. The zero-order valence-electron chi connectivity index (χ0n) is 19.9. The molecule has 3 heterocycles. The molecule has 0 radical (unpaired) electrons. The number of halogens is 2. The summed E-state index contributed by atoms with van der Waals surface area (Å²) in [5, 5.41) is 11.1. The lowest BCUT2D eigenvalue weighted by Gasteiger charge is -2.49. The number of aryl methyl sites for hydroxylation is 1. The summed E-state index contributed by atoms with van der Waals surface area (Å²) in [7, 11) is 1.32. The maximum atomic E-state index is 13.7. The van der Waals surface area contributed by atoms with Gasteiger partial charge in [0.05, 0.1) is 18.3 Å². The second-order valence-electron chi connectivity index (χ2n) is 9.71. The Bertz CT molecular complexity index is 1660. The molecular weight excluding hydrogens is 519 g/mol. The van der Waals surface area contributed by atoms with Crippen LogP contribution in [0.4, 0.5) is 0 Å². The van der Waals surface area contributed by atoms with Gasteiger partial charge < -0.3 is 5.11 Å². The minimum atomic E-state index is -1.96. The minimum Gasteiger partial charge on any atom is -0.507 e. The fourth-order valence-electron chi connectivity index (χ4n) is 6.06. The molecule has 2 aliphatic heterocycles. The van der Waals surface area contributed by atoms with Gasteiger partial charge >= 0.3 is 11.4 Å². The molecule has 37 heavy (non-hydrogen) atoms. The number of amides is 2. The number of phenols is 1. The van der Waals surface area contributed by atoms with Crippen molar-refractivity contribution in [1.82, 2.24) is 18.8 Å². The van der Waals surface area contributed by atoms with E-state index in [0.29, 0.717) is 22.4 Å². The number of alkyl halides is 2. The van der Waals surface area contributed by atoms with Gasteiger partial charge in [0.2, 0.25) is 0 Å². The number of benzene rings is 2. The van der Waals surface area contributed by atoms with Gasteiger partial charge in [-0.25, -0.2) is 23.5 Å². The Morgan fingerprint density at radius 2 is 1.65 bits per heavy atom. The van der Waals surface area contributed by atoms with E-state index in [1.54, 1.807) is 61.5 Å². The number of aromatic hydroxyl groups is 1. The van der Waals surface area contributed by atoms with Crippen LogP contribution in [0.3, 0.4) is 0 Å². The Labute approximate surface area is 220 Å². The zero-order chi connectivity index (χ0) is 26.4. The van der Waals surface area contributed by atoms with Crippen molar-refractivity contribution in [2.45, 2.75) is 41.6 Å². The highest BCUT2D eigenvalue weighted by Crippen LogP contribution is 2.64. The number of imide groups is 1. The molecule has 1 aliphatic carbocycles. The molecule has 4 atom stereocenters. The summed E-state index contributed by atoms with van der Waals surface area (Å²) in [6.45, 7) is 1.74. The van der Waals surface area contributed by atoms with E-state index in [-0.39, 0.29) is 18.7 Å². The molecule has 2 amide bonds. The summed E-state index contributed by atoms with van der Waals surface area (Å²) in [4.78, 5) is 51.0. The molecule has 0 spiro atoms. The van der Waals surface area contributed by atoms with Gasteiger partial charge in [-0.3, -0.25) is 14.5 Å². The van der Waals surface area contributed by atoms with Crippen molar-refractivity contribution in [2.75, 3.05) is 7.05 Å². The van der Waals surface area contributed by atoms with E-state index < -0.39 is 44.9 Å². The van der Waals surface area contributed by atoms with Gasteiger partial charge in [-0.1, -0.05) is 42.5 Å². The third-order valence-corrected chi connectivity index (χ3v) is 9.29. The molecule has 2 fully saturated rings. The maximum Gasteiger partial charge on any atom is 0.352 e. The summed E-state index contributed by atoms with van der Waals surface area (Å²) in [5.74, 6) is -2.50. The van der Waals surface area contributed by atoms with E-state index in [1.165, 1.54) is 16.4 Å². The van der Waals surface area contributed by atoms with Gasteiger partial charge in [0.15, 0.2) is 9.75 Å². The van der Waals surface area contributed by atoms with Gasteiger partial charge in [0.25, 0.3) is 11.8 Å². The van der Waals surface area contributed by atoms with Crippen LogP contribution in [0.15, 0.2) is 69.8 Å². The van der Waals surface area contributed by atoms with Crippen LogP contribution in [-0.2, 0) is 16.1 Å². The lowest BCUT2D eigenvalue weighted by Crippen LogP contribution is -2.59. The average Bonchev–Trinajstić information content (AvgIpc) is 3.21. The minimum absolute atomic E-state index is 0.0308. The molecule has 11 heteroatoms. The molecule has 9 nitrogen and oxygen atoms in total. The van der Waals surface area contributed by atoms with Crippen molar-refractivity contribution in [2.24, 2.45) is 0 Å². The van der Waals surface area contributed by atoms with Crippen molar-refractivity contribution in [3.63, 3.8) is 0 Å². The SMILES string of the molecule is Cc1cccc(C2C3=CCn4c(=O)n(-c5ccccc5)c(=O)n4C3CC3(Cl)C(=O)N(C)C(=O)C23Cl)c1O. The fourth-order valence-corrected chi connectivity index (χ4v) is 7.06. The van der Waals surface area contributed by atoms with Gasteiger partial charge in [0.1, 0.15) is 5.75 Å². The number of aromatic nitrogens is 3. The monoisotopic (exact) mass is 540 g/mol. The molecule has 3 aromatic rings. The molecule has 2 aromatic carbocycles. The number of carbonyl (C=O) groups excluding carboxylic acids is 2.